The monoisotopic (exact) mass is 412 g/mol. The van der Waals surface area contributed by atoms with Crippen molar-refractivity contribution in [3.05, 3.63) is 89.7 Å². The number of hydrogen-bond acceptors (Lipinski definition) is 2. The normalized spacial score (nSPS) is 11.6. The number of aryl methyl sites for hydroxylation is 1. The Labute approximate surface area is 170 Å². The van der Waals surface area contributed by atoms with Gasteiger partial charge in [0.25, 0.3) is 0 Å². The molecule has 4 aromatic rings. The van der Waals surface area contributed by atoms with E-state index in [0.717, 1.165) is 17.7 Å². The summed E-state index contributed by atoms with van der Waals surface area (Å²) in [5.41, 5.74) is 0.983. The molecular formula is C24H16F4O2. The molecule has 4 aromatic carbocycles. The molecule has 152 valence electrons. The van der Waals surface area contributed by atoms with E-state index >= 15 is 0 Å². The van der Waals surface area contributed by atoms with Crippen molar-refractivity contribution in [3.63, 3.8) is 0 Å². The summed E-state index contributed by atoms with van der Waals surface area (Å²) >= 11 is 0. The summed E-state index contributed by atoms with van der Waals surface area (Å²) in [5, 5.41) is 11.1. The molecule has 0 aliphatic heterocycles. The van der Waals surface area contributed by atoms with Gasteiger partial charge in [0.1, 0.15) is 23.1 Å². The molecule has 0 unspecified atom stereocenters. The van der Waals surface area contributed by atoms with Gasteiger partial charge in [-0.25, -0.2) is 4.39 Å². The van der Waals surface area contributed by atoms with Gasteiger partial charge in [0.2, 0.25) is 0 Å². The number of ether oxygens (including phenoxy) is 1. The van der Waals surface area contributed by atoms with E-state index in [2.05, 4.69) is 0 Å². The van der Waals surface area contributed by atoms with Gasteiger partial charge in [-0.05, 0) is 72.0 Å². The topological polar surface area (TPSA) is 29.5 Å². The lowest BCUT2D eigenvalue weighted by Crippen LogP contribution is -2.04. The van der Waals surface area contributed by atoms with Crippen LogP contribution < -0.4 is 4.74 Å². The number of benzene rings is 4. The van der Waals surface area contributed by atoms with Crippen LogP contribution in [0.25, 0.3) is 21.9 Å². The van der Waals surface area contributed by atoms with Gasteiger partial charge in [-0.3, -0.25) is 0 Å². The van der Waals surface area contributed by atoms with E-state index in [9.17, 15) is 22.7 Å². The smallest absolute Gasteiger partial charge is 0.416 e. The Morgan fingerprint density at radius 1 is 0.867 bits per heavy atom. The maximum absolute atomic E-state index is 13.9. The second-order valence-electron chi connectivity index (χ2n) is 6.94. The van der Waals surface area contributed by atoms with E-state index in [4.69, 9.17) is 4.74 Å². The van der Waals surface area contributed by atoms with Gasteiger partial charge in [-0.2, -0.15) is 13.2 Å². The number of fused-ring (bicyclic) bond motifs is 1. The van der Waals surface area contributed by atoms with Gasteiger partial charge >= 0.3 is 6.18 Å². The first kappa shape index (κ1) is 19.8. The highest BCUT2D eigenvalue weighted by molar-refractivity contribution is 5.97. The molecule has 4 rings (SSSR count). The fourth-order valence-electron chi connectivity index (χ4n) is 3.46. The van der Waals surface area contributed by atoms with Crippen LogP contribution in [0.15, 0.2) is 72.8 Å². The molecule has 0 saturated heterocycles. The Morgan fingerprint density at radius 3 is 2.37 bits per heavy atom. The molecule has 1 N–H and O–H groups in total. The van der Waals surface area contributed by atoms with E-state index < -0.39 is 17.6 Å². The predicted octanol–water partition coefficient (Wildman–Crippen LogP) is 7.47. The highest BCUT2D eigenvalue weighted by Crippen LogP contribution is 2.43. The van der Waals surface area contributed by atoms with E-state index in [-0.39, 0.29) is 17.2 Å². The van der Waals surface area contributed by atoms with Gasteiger partial charge in [-0.15, -0.1) is 0 Å². The summed E-state index contributed by atoms with van der Waals surface area (Å²) in [7, 11) is 0. The lowest BCUT2D eigenvalue weighted by atomic mass is 9.94. The van der Waals surface area contributed by atoms with Crippen LogP contribution in [0.2, 0.25) is 0 Å². The molecule has 0 atom stereocenters. The standard InChI is InChI=1S/C24H16F4O2/c1-14-10-16-12-19(29)8-9-21(16)23(22(14)15-4-2-6-18(25)11-15)30-20-7-3-5-17(13-20)24(26,27)28/h2-13,29H,1H3. The molecule has 0 bridgehead atoms. The summed E-state index contributed by atoms with van der Waals surface area (Å²) in [6.07, 6.45) is -4.51. The number of phenols is 1. The molecule has 30 heavy (non-hydrogen) atoms. The van der Waals surface area contributed by atoms with Crippen molar-refractivity contribution >= 4 is 10.8 Å². The first-order chi connectivity index (χ1) is 14.2. The maximum Gasteiger partial charge on any atom is 0.416 e. The molecule has 0 aliphatic carbocycles. The number of aromatic hydroxyl groups is 1. The van der Waals surface area contributed by atoms with E-state index in [1.54, 1.807) is 25.1 Å². The first-order valence-electron chi connectivity index (χ1n) is 9.10. The summed E-state index contributed by atoms with van der Waals surface area (Å²) in [6, 6.07) is 16.9. The van der Waals surface area contributed by atoms with E-state index in [0.29, 0.717) is 21.9 Å². The van der Waals surface area contributed by atoms with Gasteiger partial charge < -0.3 is 9.84 Å². The van der Waals surface area contributed by atoms with Crippen LogP contribution in [0.4, 0.5) is 17.6 Å². The maximum atomic E-state index is 13.9. The summed E-state index contributed by atoms with van der Waals surface area (Å²) < 4.78 is 59.3. The Bertz CT molecular complexity index is 1250. The Morgan fingerprint density at radius 2 is 1.63 bits per heavy atom. The first-order valence-corrected chi connectivity index (χ1v) is 9.10. The third-order valence-corrected chi connectivity index (χ3v) is 4.77. The van der Waals surface area contributed by atoms with Crippen molar-refractivity contribution < 1.29 is 27.4 Å². The highest BCUT2D eigenvalue weighted by atomic mass is 19.4. The predicted molar refractivity (Wildman–Crippen MR) is 107 cm³/mol. The minimum absolute atomic E-state index is 0.00227. The van der Waals surface area contributed by atoms with Crippen LogP contribution in [0.1, 0.15) is 11.1 Å². The Balaban J connectivity index is 1.96. The molecular weight excluding hydrogens is 396 g/mol. The molecule has 0 fully saturated rings. The molecule has 0 spiro atoms. The quantitative estimate of drug-likeness (QED) is 0.354. The van der Waals surface area contributed by atoms with Crippen LogP contribution >= 0.6 is 0 Å². The zero-order valence-corrected chi connectivity index (χ0v) is 15.8. The van der Waals surface area contributed by atoms with Crippen molar-refractivity contribution in [2.75, 3.05) is 0 Å². The van der Waals surface area contributed by atoms with E-state index in [1.165, 1.54) is 36.4 Å². The van der Waals surface area contributed by atoms with Crippen molar-refractivity contribution in [1.82, 2.24) is 0 Å². The van der Waals surface area contributed by atoms with Crippen molar-refractivity contribution in [3.8, 4) is 28.4 Å². The fraction of sp³-hybridized carbons (Fsp3) is 0.0833. The molecule has 0 saturated carbocycles. The summed E-state index contributed by atoms with van der Waals surface area (Å²) in [6.45, 7) is 1.79. The zero-order chi connectivity index (χ0) is 21.5. The number of phenolic OH excluding ortho intramolecular Hbond substituents is 1. The average Bonchev–Trinajstić information content (AvgIpc) is 2.67. The third-order valence-electron chi connectivity index (χ3n) is 4.77. The van der Waals surface area contributed by atoms with Crippen LogP contribution in [0.5, 0.6) is 17.2 Å². The Hall–Kier alpha value is -3.54. The lowest BCUT2D eigenvalue weighted by Gasteiger charge is -2.18. The number of halogens is 4. The van der Waals surface area contributed by atoms with Gasteiger partial charge in [0, 0.05) is 10.9 Å². The second-order valence-corrected chi connectivity index (χ2v) is 6.94. The molecule has 0 heterocycles. The Kier molecular flexibility index (Phi) is 4.86. The number of alkyl halides is 3. The number of rotatable bonds is 3. The van der Waals surface area contributed by atoms with Crippen LogP contribution in [-0.2, 0) is 6.18 Å². The van der Waals surface area contributed by atoms with Crippen molar-refractivity contribution in [2.45, 2.75) is 13.1 Å². The second kappa shape index (κ2) is 7.37. The summed E-state index contributed by atoms with van der Waals surface area (Å²) in [5.74, 6) is -0.106. The molecule has 0 amide bonds. The van der Waals surface area contributed by atoms with Crippen molar-refractivity contribution in [2.24, 2.45) is 0 Å². The van der Waals surface area contributed by atoms with Crippen LogP contribution in [0.3, 0.4) is 0 Å². The highest BCUT2D eigenvalue weighted by Gasteiger charge is 2.30. The van der Waals surface area contributed by atoms with Crippen molar-refractivity contribution in [1.29, 1.82) is 0 Å². The largest absolute Gasteiger partial charge is 0.508 e. The third kappa shape index (κ3) is 3.81. The average molecular weight is 412 g/mol. The molecule has 2 nitrogen and oxygen atoms in total. The lowest BCUT2D eigenvalue weighted by molar-refractivity contribution is -0.137. The van der Waals surface area contributed by atoms with E-state index in [1.807, 2.05) is 6.07 Å². The van der Waals surface area contributed by atoms with Gasteiger partial charge in [-0.1, -0.05) is 24.3 Å². The summed E-state index contributed by atoms with van der Waals surface area (Å²) in [4.78, 5) is 0. The fourth-order valence-corrected chi connectivity index (χ4v) is 3.46. The minimum Gasteiger partial charge on any atom is -0.508 e. The van der Waals surface area contributed by atoms with Gasteiger partial charge in [0.15, 0.2) is 0 Å². The molecule has 0 radical (unpaired) electrons. The molecule has 0 aliphatic rings. The van der Waals surface area contributed by atoms with Gasteiger partial charge in [0.05, 0.1) is 5.56 Å². The molecule has 6 heteroatoms. The zero-order valence-electron chi connectivity index (χ0n) is 15.8. The minimum atomic E-state index is -4.51. The number of hydrogen-bond donors (Lipinski definition) is 1. The van der Waals surface area contributed by atoms with Crippen LogP contribution in [-0.4, -0.2) is 5.11 Å². The molecule has 0 aromatic heterocycles. The van der Waals surface area contributed by atoms with Crippen LogP contribution in [0, 0.1) is 12.7 Å². The SMILES string of the molecule is Cc1cc2cc(O)ccc2c(Oc2cccc(C(F)(F)F)c2)c1-c1cccc(F)c1.